The van der Waals surface area contributed by atoms with Crippen LogP contribution in [0.1, 0.15) is 35.5 Å². The Morgan fingerprint density at radius 3 is 2.65 bits per heavy atom. The molecule has 0 saturated heterocycles. The largest absolute Gasteiger partial charge is 0.454 e. The van der Waals surface area contributed by atoms with Crippen LogP contribution in [0.3, 0.4) is 0 Å². The molecule has 1 aliphatic rings. The summed E-state index contributed by atoms with van der Waals surface area (Å²) in [6.07, 6.45) is 0. The summed E-state index contributed by atoms with van der Waals surface area (Å²) in [7, 11) is 0. The van der Waals surface area contributed by atoms with Crippen molar-refractivity contribution in [2.45, 2.75) is 26.8 Å². The fourth-order valence-electron chi connectivity index (χ4n) is 3.33. The Bertz CT molecular complexity index is 917. The Morgan fingerprint density at radius 1 is 1.12 bits per heavy atom. The lowest BCUT2D eigenvalue weighted by Crippen LogP contribution is -2.25. The number of fused-ring (bicyclic) bond motifs is 1. The molecule has 0 fully saturated rings. The first kappa shape index (κ1) is 16.5. The summed E-state index contributed by atoms with van der Waals surface area (Å²) in [5.41, 5.74) is 4.29. The second-order valence-corrected chi connectivity index (χ2v) is 6.29. The summed E-state index contributed by atoms with van der Waals surface area (Å²) < 4.78 is 12.8. The number of nitrogens with one attached hydrogen (secondary N) is 1. The van der Waals surface area contributed by atoms with E-state index in [1.165, 1.54) is 0 Å². The van der Waals surface area contributed by atoms with Gasteiger partial charge >= 0.3 is 0 Å². The Kier molecular flexibility index (Phi) is 4.30. The van der Waals surface area contributed by atoms with Crippen molar-refractivity contribution < 1.29 is 9.47 Å². The number of aromatic nitrogens is 4. The van der Waals surface area contributed by atoms with Crippen LogP contribution in [0.15, 0.2) is 36.4 Å². The van der Waals surface area contributed by atoms with Gasteiger partial charge in [0, 0.05) is 0 Å². The molecular weight excluding hydrogens is 330 g/mol. The van der Waals surface area contributed by atoms with Crippen molar-refractivity contribution in [2.24, 2.45) is 0 Å². The first-order valence-electron chi connectivity index (χ1n) is 8.67. The minimum absolute atomic E-state index is 0.163. The lowest BCUT2D eigenvalue weighted by atomic mass is 10.0. The van der Waals surface area contributed by atoms with Gasteiger partial charge in [0.2, 0.25) is 6.79 Å². The maximum Gasteiger partial charge on any atom is 0.231 e. The highest BCUT2D eigenvalue weighted by atomic mass is 16.7. The number of ether oxygens (including phenoxy) is 2. The lowest BCUT2D eigenvalue weighted by Gasteiger charge is -2.19. The summed E-state index contributed by atoms with van der Waals surface area (Å²) in [5, 5.41) is 16.0. The summed E-state index contributed by atoms with van der Waals surface area (Å²) in [6, 6.07) is 11.9. The van der Waals surface area contributed by atoms with Crippen LogP contribution in [0.2, 0.25) is 0 Å². The predicted molar refractivity (Wildman–Crippen MR) is 96.7 cm³/mol. The van der Waals surface area contributed by atoms with E-state index in [4.69, 9.17) is 9.47 Å². The number of hydrogen-bond donors (Lipinski definition) is 1. The zero-order valence-corrected chi connectivity index (χ0v) is 15.1. The molecule has 1 aromatic heterocycles. The number of aryl methyl sites for hydroxylation is 2. The molecule has 7 heteroatoms. The third-order valence-corrected chi connectivity index (χ3v) is 4.54. The smallest absolute Gasteiger partial charge is 0.231 e. The Labute approximate surface area is 151 Å². The molecule has 0 radical (unpaired) electrons. The van der Waals surface area contributed by atoms with E-state index in [1.807, 2.05) is 28.9 Å². The van der Waals surface area contributed by atoms with Crippen molar-refractivity contribution in [3.8, 4) is 17.2 Å². The number of rotatable bonds is 5. The van der Waals surface area contributed by atoms with Gasteiger partial charge < -0.3 is 14.8 Å². The molecule has 0 aliphatic carbocycles. The standard InChI is InChI=1S/C19H21N5O2/c1-4-20-17(14-8-9-15-16(10-14)26-11-25-15)19-21-22-23-24(19)18-12(2)6-5-7-13(18)3/h5-10,17,20H,4,11H2,1-3H3. The molecule has 0 bridgehead atoms. The molecule has 0 spiro atoms. The molecule has 1 aliphatic heterocycles. The molecule has 2 aromatic carbocycles. The fourth-order valence-corrected chi connectivity index (χ4v) is 3.33. The SMILES string of the molecule is CCNC(c1ccc2c(c1)OCO2)c1nnnn1-c1c(C)cccc1C. The van der Waals surface area contributed by atoms with Crippen LogP contribution < -0.4 is 14.8 Å². The highest BCUT2D eigenvalue weighted by Gasteiger charge is 2.25. The van der Waals surface area contributed by atoms with Crippen molar-refractivity contribution in [3.63, 3.8) is 0 Å². The van der Waals surface area contributed by atoms with Gasteiger partial charge in [0.25, 0.3) is 0 Å². The molecule has 4 rings (SSSR count). The van der Waals surface area contributed by atoms with Gasteiger partial charge in [-0.3, -0.25) is 0 Å². The number of benzene rings is 2. The second kappa shape index (κ2) is 6.76. The highest BCUT2D eigenvalue weighted by Crippen LogP contribution is 2.35. The topological polar surface area (TPSA) is 74.1 Å². The molecule has 1 unspecified atom stereocenters. The van der Waals surface area contributed by atoms with Crippen LogP contribution in [0.25, 0.3) is 5.69 Å². The van der Waals surface area contributed by atoms with Gasteiger partial charge in [-0.05, 0) is 59.6 Å². The summed E-state index contributed by atoms with van der Waals surface area (Å²) >= 11 is 0. The first-order chi connectivity index (χ1) is 12.7. The molecule has 0 amide bonds. The molecular formula is C19H21N5O2. The molecule has 3 aromatic rings. The van der Waals surface area contributed by atoms with Gasteiger partial charge in [0.15, 0.2) is 17.3 Å². The Hall–Kier alpha value is -2.93. The van der Waals surface area contributed by atoms with Gasteiger partial charge in [0.1, 0.15) is 0 Å². The van der Waals surface area contributed by atoms with E-state index in [0.717, 1.165) is 46.2 Å². The quantitative estimate of drug-likeness (QED) is 0.762. The normalized spacial score (nSPS) is 13.8. The molecule has 7 nitrogen and oxygen atoms in total. The van der Waals surface area contributed by atoms with E-state index < -0.39 is 0 Å². The van der Waals surface area contributed by atoms with Crippen molar-refractivity contribution >= 4 is 0 Å². The zero-order chi connectivity index (χ0) is 18.1. The van der Waals surface area contributed by atoms with E-state index in [1.54, 1.807) is 0 Å². The van der Waals surface area contributed by atoms with Gasteiger partial charge in [-0.25, -0.2) is 0 Å². The fraction of sp³-hybridized carbons (Fsp3) is 0.316. The monoisotopic (exact) mass is 351 g/mol. The third kappa shape index (κ3) is 2.80. The molecule has 134 valence electrons. The molecule has 1 atom stereocenters. The average molecular weight is 351 g/mol. The lowest BCUT2D eigenvalue weighted by molar-refractivity contribution is 0.174. The van der Waals surface area contributed by atoms with Crippen molar-refractivity contribution in [2.75, 3.05) is 13.3 Å². The number of tetrazole rings is 1. The average Bonchev–Trinajstić information content (AvgIpc) is 3.28. The van der Waals surface area contributed by atoms with Gasteiger partial charge in [-0.2, -0.15) is 4.68 Å². The predicted octanol–water partition coefficient (Wildman–Crippen LogP) is 2.71. The van der Waals surface area contributed by atoms with E-state index in [-0.39, 0.29) is 12.8 Å². The molecule has 26 heavy (non-hydrogen) atoms. The minimum Gasteiger partial charge on any atom is -0.454 e. The third-order valence-electron chi connectivity index (χ3n) is 4.54. The Morgan fingerprint density at radius 2 is 1.88 bits per heavy atom. The highest BCUT2D eigenvalue weighted by molar-refractivity contribution is 5.49. The van der Waals surface area contributed by atoms with Crippen LogP contribution in [0, 0.1) is 13.8 Å². The summed E-state index contributed by atoms with van der Waals surface area (Å²) in [5.74, 6) is 2.25. The summed E-state index contributed by atoms with van der Waals surface area (Å²) in [6.45, 7) is 7.23. The van der Waals surface area contributed by atoms with Crippen molar-refractivity contribution in [3.05, 3.63) is 58.9 Å². The molecule has 1 N–H and O–H groups in total. The second-order valence-electron chi connectivity index (χ2n) is 6.29. The van der Waals surface area contributed by atoms with E-state index in [9.17, 15) is 0 Å². The number of nitrogens with zero attached hydrogens (tertiary/aromatic N) is 4. The van der Waals surface area contributed by atoms with Crippen LogP contribution >= 0.6 is 0 Å². The Balaban J connectivity index is 1.81. The van der Waals surface area contributed by atoms with Crippen molar-refractivity contribution in [1.29, 1.82) is 0 Å². The van der Waals surface area contributed by atoms with E-state index >= 15 is 0 Å². The van der Waals surface area contributed by atoms with Crippen LogP contribution in [0.5, 0.6) is 11.5 Å². The van der Waals surface area contributed by atoms with Gasteiger partial charge in [-0.1, -0.05) is 31.2 Å². The van der Waals surface area contributed by atoms with E-state index in [2.05, 4.69) is 53.7 Å². The number of hydrogen-bond acceptors (Lipinski definition) is 6. The maximum absolute atomic E-state index is 5.53. The summed E-state index contributed by atoms with van der Waals surface area (Å²) in [4.78, 5) is 0. The van der Waals surface area contributed by atoms with E-state index in [0.29, 0.717) is 0 Å². The minimum atomic E-state index is -0.163. The number of para-hydroxylation sites is 1. The van der Waals surface area contributed by atoms with Gasteiger partial charge in [0.05, 0.1) is 11.7 Å². The molecule has 0 saturated carbocycles. The van der Waals surface area contributed by atoms with Crippen molar-refractivity contribution in [1.82, 2.24) is 25.5 Å². The van der Waals surface area contributed by atoms with Crippen LogP contribution in [-0.4, -0.2) is 33.5 Å². The zero-order valence-electron chi connectivity index (χ0n) is 15.1. The van der Waals surface area contributed by atoms with Crippen LogP contribution in [0.4, 0.5) is 0 Å². The first-order valence-corrected chi connectivity index (χ1v) is 8.67. The molecule has 2 heterocycles. The van der Waals surface area contributed by atoms with Gasteiger partial charge in [-0.15, -0.1) is 5.10 Å². The maximum atomic E-state index is 5.53. The van der Waals surface area contributed by atoms with Crippen LogP contribution in [-0.2, 0) is 0 Å².